The van der Waals surface area contributed by atoms with Gasteiger partial charge in [0.15, 0.2) is 0 Å². The first kappa shape index (κ1) is 25.4. The third-order valence-electron chi connectivity index (χ3n) is 7.37. The van der Waals surface area contributed by atoms with E-state index in [1.165, 1.54) is 0 Å². The molecule has 2 saturated heterocycles. The van der Waals surface area contributed by atoms with Crippen LogP contribution in [0, 0.1) is 12.8 Å². The summed E-state index contributed by atoms with van der Waals surface area (Å²) in [6.45, 7) is 4.92. The van der Waals surface area contributed by atoms with Gasteiger partial charge in [-0.2, -0.15) is 0 Å². The Morgan fingerprint density at radius 1 is 1.03 bits per heavy atom. The highest BCUT2D eigenvalue weighted by Crippen LogP contribution is 2.49. The van der Waals surface area contributed by atoms with Gasteiger partial charge < -0.3 is 19.5 Å². The summed E-state index contributed by atoms with van der Waals surface area (Å²) in [7, 11) is 1.65. The molecule has 7 nitrogen and oxygen atoms in total. The van der Waals surface area contributed by atoms with Crippen LogP contribution >= 0.6 is 11.6 Å². The molecular formula is C29H32ClN3O4. The fraction of sp³-hybridized carbons (Fsp3) is 0.345. The Morgan fingerprint density at radius 3 is 2.51 bits per heavy atom. The van der Waals surface area contributed by atoms with E-state index in [1.807, 2.05) is 67.3 Å². The second-order valence-corrected chi connectivity index (χ2v) is 9.97. The van der Waals surface area contributed by atoms with Gasteiger partial charge in [-0.3, -0.25) is 4.79 Å². The van der Waals surface area contributed by atoms with Crippen molar-refractivity contribution in [2.45, 2.75) is 38.4 Å². The van der Waals surface area contributed by atoms with Gasteiger partial charge in [-0.25, -0.2) is 10.9 Å². The molecule has 3 aromatic rings. The quantitative estimate of drug-likeness (QED) is 0.398. The van der Waals surface area contributed by atoms with Crippen LogP contribution in [-0.4, -0.2) is 42.2 Å². The molecule has 194 valence electrons. The van der Waals surface area contributed by atoms with Crippen molar-refractivity contribution in [3.05, 3.63) is 87.9 Å². The van der Waals surface area contributed by atoms with E-state index >= 15 is 0 Å². The SMILES string of the molecule is CCOc1cccc(C2C3C(NNC3c3cc(Cl)c(C)cc3O)C(=O)N2CCc2ccc(OC)cc2)c1. The predicted molar refractivity (Wildman–Crippen MR) is 143 cm³/mol. The van der Waals surface area contributed by atoms with E-state index in [0.717, 1.165) is 28.2 Å². The number of ether oxygens (including phenoxy) is 2. The number of carbonyl (C=O) groups excluding carboxylic acids is 1. The second-order valence-electron chi connectivity index (χ2n) is 9.56. The Balaban J connectivity index is 1.51. The van der Waals surface area contributed by atoms with Crippen LogP contribution in [0.4, 0.5) is 0 Å². The van der Waals surface area contributed by atoms with Gasteiger partial charge in [-0.1, -0.05) is 35.9 Å². The minimum Gasteiger partial charge on any atom is -0.508 e. The summed E-state index contributed by atoms with van der Waals surface area (Å²) in [6, 6.07) is 18.4. The first-order chi connectivity index (χ1) is 17.9. The lowest BCUT2D eigenvalue weighted by Crippen LogP contribution is -2.42. The molecule has 3 aromatic carbocycles. The van der Waals surface area contributed by atoms with Crippen molar-refractivity contribution in [1.29, 1.82) is 0 Å². The number of phenolic OH excluding ortho intramolecular Hbond substituents is 1. The van der Waals surface area contributed by atoms with E-state index < -0.39 is 6.04 Å². The molecule has 4 atom stereocenters. The van der Waals surface area contributed by atoms with Gasteiger partial charge in [0.25, 0.3) is 0 Å². The largest absolute Gasteiger partial charge is 0.508 e. The smallest absolute Gasteiger partial charge is 0.242 e. The van der Waals surface area contributed by atoms with E-state index in [9.17, 15) is 9.90 Å². The molecule has 0 aromatic heterocycles. The zero-order chi connectivity index (χ0) is 26.1. The molecule has 2 fully saturated rings. The molecule has 4 unspecified atom stereocenters. The molecule has 0 bridgehead atoms. The number of aryl methyl sites for hydroxylation is 1. The molecule has 37 heavy (non-hydrogen) atoms. The number of hydrogen-bond acceptors (Lipinski definition) is 6. The summed E-state index contributed by atoms with van der Waals surface area (Å²) in [5, 5.41) is 11.4. The van der Waals surface area contributed by atoms with Gasteiger partial charge in [-0.15, -0.1) is 0 Å². The Bertz CT molecular complexity index is 1280. The standard InChI is InChI=1S/C29H32ClN3O4/c1-4-37-21-7-5-6-19(15-21)28-25-26(22-16-23(30)17(2)14-24(22)34)31-32-27(25)29(35)33(28)13-12-18-8-10-20(36-3)11-9-18/h5-11,14-16,25-28,31-32,34H,4,12-13H2,1-3H3. The van der Waals surface area contributed by atoms with Crippen LogP contribution in [0.25, 0.3) is 0 Å². The second kappa shape index (κ2) is 10.6. The lowest BCUT2D eigenvalue weighted by Gasteiger charge is -2.32. The minimum absolute atomic E-state index is 0.0259. The number of rotatable bonds is 8. The highest BCUT2D eigenvalue weighted by atomic mass is 35.5. The molecule has 8 heteroatoms. The Morgan fingerprint density at radius 2 is 1.78 bits per heavy atom. The maximum Gasteiger partial charge on any atom is 0.242 e. The van der Waals surface area contributed by atoms with Gasteiger partial charge in [-0.05, 0) is 73.4 Å². The number of fused-ring (bicyclic) bond motifs is 1. The number of benzene rings is 3. The van der Waals surface area contributed by atoms with Crippen LogP contribution in [0.1, 0.15) is 41.3 Å². The molecule has 2 aliphatic heterocycles. The summed E-state index contributed by atoms with van der Waals surface area (Å²) in [4.78, 5) is 15.7. The van der Waals surface area contributed by atoms with Crippen LogP contribution < -0.4 is 20.3 Å². The number of amides is 1. The maximum absolute atomic E-state index is 13.8. The van der Waals surface area contributed by atoms with Crippen LogP contribution in [0.3, 0.4) is 0 Å². The summed E-state index contributed by atoms with van der Waals surface area (Å²) in [5.74, 6) is 1.58. The summed E-state index contributed by atoms with van der Waals surface area (Å²) >= 11 is 6.45. The average Bonchev–Trinajstić information content (AvgIpc) is 3.44. The van der Waals surface area contributed by atoms with Crippen molar-refractivity contribution in [2.75, 3.05) is 20.3 Å². The van der Waals surface area contributed by atoms with E-state index in [1.54, 1.807) is 19.2 Å². The first-order valence-electron chi connectivity index (χ1n) is 12.6. The normalized spacial score (nSPS) is 22.8. The lowest BCUT2D eigenvalue weighted by molar-refractivity contribution is -0.130. The molecule has 2 aliphatic rings. The van der Waals surface area contributed by atoms with Crippen molar-refractivity contribution in [2.24, 2.45) is 5.92 Å². The molecule has 0 aliphatic carbocycles. The van der Waals surface area contributed by atoms with E-state index in [4.69, 9.17) is 21.1 Å². The van der Waals surface area contributed by atoms with E-state index in [2.05, 4.69) is 10.9 Å². The number of nitrogens with zero attached hydrogens (tertiary/aromatic N) is 1. The highest BCUT2D eigenvalue weighted by Gasteiger charge is 2.55. The van der Waals surface area contributed by atoms with Crippen LogP contribution in [0.15, 0.2) is 60.7 Å². The zero-order valence-corrected chi connectivity index (χ0v) is 22.0. The van der Waals surface area contributed by atoms with Crippen LogP contribution in [0.2, 0.25) is 5.02 Å². The predicted octanol–water partition coefficient (Wildman–Crippen LogP) is 4.72. The lowest BCUT2D eigenvalue weighted by atomic mass is 9.83. The number of phenols is 1. The summed E-state index contributed by atoms with van der Waals surface area (Å²) < 4.78 is 11.1. The Hall–Kier alpha value is -3.26. The monoisotopic (exact) mass is 521 g/mol. The van der Waals surface area contributed by atoms with Gasteiger partial charge in [0.05, 0.1) is 25.8 Å². The summed E-state index contributed by atoms with van der Waals surface area (Å²) in [5.41, 5.74) is 10.1. The number of aromatic hydroxyl groups is 1. The number of hydrazine groups is 1. The molecule has 3 N–H and O–H groups in total. The van der Waals surface area contributed by atoms with Crippen molar-refractivity contribution < 1.29 is 19.4 Å². The minimum atomic E-state index is -0.443. The van der Waals surface area contributed by atoms with E-state index in [0.29, 0.717) is 30.2 Å². The molecule has 2 heterocycles. The van der Waals surface area contributed by atoms with Crippen molar-refractivity contribution in [3.63, 3.8) is 0 Å². The summed E-state index contributed by atoms with van der Waals surface area (Å²) in [6.07, 6.45) is 0.705. The van der Waals surface area contributed by atoms with Crippen molar-refractivity contribution in [3.8, 4) is 17.2 Å². The molecule has 0 spiro atoms. The number of likely N-dealkylation sites (tertiary alicyclic amines) is 1. The third kappa shape index (κ3) is 4.87. The molecule has 5 rings (SSSR count). The van der Waals surface area contributed by atoms with Crippen LogP contribution in [-0.2, 0) is 11.2 Å². The number of methoxy groups -OCH3 is 1. The fourth-order valence-corrected chi connectivity index (χ4v) is 5.72. The molecular weight excluding hydrogens is 490 g/mol. The van der Waals surface area contributed by atoms with Gasteiger partial charge in [0, 0.05) is 23.0 Å². The number of nitrogens with one attached hydrogen (secondary N) is 2. The molecule has 0 saturated carbocycles. The number of hydrogen-bond donors (Lipinski definition) is 3. The fourth-order valence-electron chi connectivity index (χ4n) is 5.54. The molecule has 0 radical (unpaired) electrons. The topological polar surface area (TPSA) is 83.1 Å². The Labute approximate surface area is 222 Å². The zero-order valence-electron chi connectivity index (χ0n) is 21.2. The van der Waals surface area contributed by atoms with Gasteiger partial charge in [0.1, 0.15) is 23.3 Å². The average molecular weight is 522 g/mol. The van der Waals surface area contributed by atoms with Crippen LogP contribution in [0.5, 0.6) is 17.2 Å². The molecule has 1 amide bonds. The maximum atomic E-state index is 13.8. The third-order valence-corrected chi connectivity index (χ3v) is 7.77. The van der Waals surface area contributed by atoms with E-state index in [-0.39, 0.29) is 29.7 Å². The van der Waals surface area contributed by atoms with Gasteiger partial charge in [0.2, 0.25) is 5.91 Å². The number of halogens is 1. The first-order valence-corrected chi connectivity index (χ1v) is 12.9. The van der Waals surface area contributed by atoms with Crippen molar-refractivity contribution in [1.82, 2.24) is 15.8 Å². The Kier molecular flexibility index (Phi) is 7.29. The van der Waals surface area contributed by atoms with Crippen molar-refractivity contribution >= 4 is 17.5 Å². The number of carbonyl (C=O) groups is 1. The highest BCUT2D eigenvalue weighted by molar-refractivity contribution is 6.31. The van der Waals surface area contributed by atoms with Gasteiger partial charge >= 0.3 is 0 Å².